The molecule has 0 saturated heterocycles. The summed E-state index contributed by atoms with van der Waals surface area (Å²) >= 11 is 6.66. The standard InChI is InChI=1S/C28H24ClN5O2/c1-18-7-11-21(12-8-18)33-28(35)34-22-13-9-19(10-14-22)15-16-30-26-23-24(29)25(20-5-3-2-4-6-20)36-27(23)32-17-31-26/h2-14,17H,15-16H2,1H3,(H,30,31,32)(H2,33,34,35). The van der Waals surface area contributed by atoms with Crippen LogP contribution in [0.2, 0.25) is 5.02 Å². The Morgan fingerprint density at radius 3 is 2.25 bits per heavy atom. The number of hydrogen-bond acceptors (Lipinski definition) is 5. The molecule has 0 aliphatic carbocycles. The molecule has 36 heavy (non-hydrogen) atoms. The van der Waals surface area contributed by atoms with Crippen LogP contribution >= 0.6 is 11.6 Å². The molecule has 0 saturated carbocycles. The van der Waals surface area contributed by atoms with Crippen molar-refractivity contribution < 1.29 is 9.21 Å². The summed E-state index contributed by atoms with van der Waals surface area (Å²) in [5.74, 6) is 1.20. The number of rotatable bonds is 7. The second-order valence-electron chi connectivity index (χ2n) is 8.33. The van der Waals surface area contributed by atoms with Crippen molar-refractivity contribution in [2.24, 2.45) is 0 Å². The van der Waals surface area contributed by atoms with Gasteiger partial charge in [-0.15, -0.1) is 0 Å². The molecule has 0 atom stereocenters. The molecule has 2 heterocycles. The van der Waals surface area contributed by atoms with Crippen LogP contribution < -0.4 is 16.0 Å². The van der Waals surface area contributed by atoms with E-state index in [1.54, 1.807) is 0 Å². The minimum absolute atomic E-state index is 0.284. The fourth-order valence-corrected chi connectivity index (χ4v) is 4.14. The van der Waals surface area contributed by atoms with Crippen molar-refractivity contribution in [3.05, 3.63) is 101 Å². The van der Waals surface area contributed by atoms with Gasteiger partial charge in [0.25, 0.3) is 0 Å². The predicted octanol–water partition coefficient (Wildman–Crippen LogP) is 7.15. The maximum atomic E-state index is 12.2. The van der Waals surface area contributed by atoms with Gasteiger partial charge < -0.3 is 20.4 Å². The zero-order valence-electron chi connectivity index (χ0n) is 19.6. The van der Waals surface area contributed by atoms with Crippen LogP contribution in [-0.2, 0) is 6.42 Å². The molecule has 5 aromatic rings. The number of aryl methyl sites for hydroxylation is 1. The number of carbonyl (C=O) groups excluding carboxylic acids is 1. The monoisotopic (exact) mass is 497 g/mol. The molecule has 5 rings (SSSR count). The SMILES string of the molecule is Cc1ccc(NC(=O)Nc2ccc(CCNc3ncnc4oc(-c5ccccc5)c(Cl)c34)cc2)cc1. The number of fused-ring (bicyclic) bond motifs is 1. The van der Waals surface area contributed by atoms with Crippen LogP contribution in [0.3, 0.4) is 0 Å². The summed E-state index contributed by atoms with van der Waals surface area (Å²) in [4.78, 5) is 20.9. The number of nitrogens with zero attached hydrogens (tertiary/aromatic N) is 2. The molecule has 3 N–H and O–H groups in total. The summed E-state index contributed by atoms with van der Waals surface area (Å²) in [6, 6.07) is 24.8. The molecule has 2 aromatic heterocycles. The molecule has 0 aliphatic rings. The van der Waals surface area contributed by atoms with Gasteiger partial charge in [-0.05, 0) is 43.2 Å². The lowest BCUT2D eigenvalue weighted by molar-refractivity contribution is 0.262. The minimum atomic E-state index is -0.284. The van der Waals surface area contributed by atoms with E-state index in [2.05, 4.69) is 25.9 Å². The Morgan fingerprint density at radius 2 is 1.56 bits per heavy atom. The fraction of sp³-hybridized carbons (Fsp3) is 0.107. The average Bonchev–Trinajstić information content (AvgIpc) is 3.24. The molecule has 0 unspecified atom stereocenters. The molecule has 0 aliphatic heterocycles. The van der Waals surface area contributed by atoms with Crippen molar-refractivity contribution in [1.29, 1.82) is 0 Å². The van der Waals surface area contributed by atoms with E-state index >= 15 is 0 Å². The summed E-state index contributed by atoms with van der Waals surface area (Å²) in [5.41, 5.74) is 5.03. The second-order valence-corrected chi connectivity index (χ2v) is 8.71. The van der Waals surface area contributed by atoms with Crippen molar-refractivity contribution in [3.8, 4) is 11.3 Å². The van der Waals surface area contributed by atoms with Gasteiger partial charge in [-0.25, -0.2) is 14.8 Å². The topological polar surface area (TPSA) is 92.1 Å². The third-order valence-corrected chi connectivity index (χ3v) is 6.05. The summed E-state index contributed by atoms with van der Waals surface area (Å²) < 4.78 is 5.91. The van der Waals surface area contributed by atoms with Gasteiger partial charge in [0.2, 0.25) is 5.71 Å². The summed E-state index contributed by atoms with van der Waals surface area (Å²) in [7, 11) is 0. The lowest BCUT2D eigenvalue weighted by Gasteiger charge is -2.09. The first kappa shape index (κ1) is 23.4. The van der Waals surface area contributed by atoms with Gasteiger partial charge in [0.1, 0.15) is 22.6 Å². The van der Waals surface area contributed by atoms with Crippen LogP contribution in [0.25, 0.3) is 22.4 Å². The summed E-state index contributed by atoms with van der Waals surface area (Å²) in [6.07, 6.45) is 2.21. The van der Waals surface area contributed by atoms with Crippen LogP contribution in [-0.4, -0.2) is 22.5 Å². The van der Waals surface area contributed by atoms with E-state index < -0.39 is 0 Å². The Balaban J connectivity index is 1.19. The average molecular weight is 498 g/mol. The molecule has 0 spiro atoms. The highest BCUT2D eigenvalue weighted by atomic mass is 35.5. The Labute approximate surface area is 213 Å². The van der Waals surface area contributed by atoms with Gasteiger partial charge in [-0.3, -0.25) is 0 Å². The number of furan rings is 1. The van der Waals surface area contributed by atoms with Gasteiger partial charge >= 0.3 is 6.03 Å². The maximum Gasteiger partial charge on any atom is 0.323 e. The van der Waals surface area contributed by atoms with Crippen molar-refractivity contribution in [2.75, 3.05) is 22.5 Å². The maximum absolute atomic E-state index is 12.2. The number of anilines is 3. The van der Waals surface area contributed by atoms with E-state index in [9.17, 15) is 4.79 Å². The number of nitrogens with one attached hydrogen (secondary N) is 3. The van der Waals surface area contributed by atoms with E-state index in [4.69, 9.17) is 16.0 Å². The summed E-state index contributed by atoms with van der Waals surface area (Å²) in [5, 5.41) is 10.2. The van der Waals surface area contributed by atoms with Crippen molar-refractivity contribution in [1.82, 2.24) is 9.97 Å². The van der Waals surface area contributed by atoms with E-state index in [1.807, 2.05) is 85.8 Å². The van der Waals surface area contributed by atoms with Gasteiger partial charge in [-0.2, -0.15) is 0 Å². The molecule has 0 bridgehead atoms. The van der Waals surface area contributed by atoms with Gasteiger partial charge in [-0.1, -0.05) is 71.8 Å². The molecular formula is C28H24ClN5O2. The zero-order chi connectivity index (χ0) is 24.9. The number of aromatic nitrogens is 2. The number of benzene rings is 3. The van der Waals surface area contributed by atoms with Crippen molar-refractivity contribution >= 4 is 45.9 Å². The lowest BCUT2D eigenvalue weighted by atomic mass is 10.1. The molecular weight excluding hydrogens is 474 g/mol. The largest absolute Gasteiger partial charge is 0.436 e. The molecule has 8 heteroatoms. The van der Waals surface area contributed by atoms with Crippen molar-refractivity contribution in [2.45, 2.75) is 13.3 Å². The van der Waals surface area contributed by atoms with Crippen LogP contribution in [0.4, 0.5) is 22.0 Å². The number of carbonyl (C=O) groups is 1. The van der Waals surface area contributed by atoms with Crippen LogP contribution in [0.1, 0.15) is 11.1 Å². The van der Waals surface area contributed by atoms with Crippen molar-refractivity contribution in [3.63, 3.8) is 0 Å². The third-order valence-electron chi connectivity index (χ3n) is 5.69. The number of halogens is 1. The molecule has 3 aromatic carbocycles. The lowest BCUT2D eigenvalue weighted by Crippen LogP contribution is -2.19. The smallest absolute Gasteiger partial charge is 0.323 e. The van der Waals surface area contributed by atoms with E-state index in [-0.39, 0.29) is 6.03 Å². The van der Waals surface area contributed by atoms with E-state index in [1.165, 1.54) is 6.33 Å². The van der Waals surface area contributed by atoms with Gasteiger partial charge in [0, 0.05) is 23.5 Å². The first-order chi connectivity index (χ1) is 17.6. The first-order valence-corrected chi connectivity index (χ1v) is 11.9. The fourth-order valence-electron chi connectivity index (χ4n) is 3.82. The Kier molecular flexibility index (Phi) is 6.82. The number of hydrogen-bond donors (Lipinski definition) is 3. The highest BCUT2D eigenvalue weighted by Crippen LogP contribution is 2.39. The predicted molar refractivity (Wildman–Crippen MR) is 145 cm³/mol. The molecule has 180 valence electrons. The molecule has 7 nitrogen and oxygen atoms in total. The molecule has 2 amide bonds. The zero-order valence-corrected chi connectivity index (χ0v) is 20.3. The van der Waals surface area contributed by atoms with Crippen LogP contribution in [0.15, 0.2) is 89.6 Å². The Hall–Kier alpha value is -4.36. The number of amides is 2. The second kappa shape index (κ2) is 10.5. The summed E-state index contributed by atoms with van der Waals surface area (Å²) in [6.45, 7) is 2.64. The highest BCUT2D eigenvalue weighted by molar-refractivity contribution is 6.38. The third kappa shape index (κ3) is 5.31. The van der Waals surface area contributed by atoms with Crippen LogP contribution in [0.5, 0.6) is 0 Å². The first-order valence-electron chi connectivity index (χ1n) is 11.5. The molecule has 0 fully saturated rings. The van der Waals surface area contributed by atoms with Gasteiger partial charge in [0.05, 0.1) is 0 Å². The molecule has 0 radical (unpaired) electrons. The van der Waals surface area contributed by atoms with Crippen LogP contribution in [0, 0.1) is 6.92 Å². The highest BCUT2D eigenvalue weighted by Gasteiger charge is 2.19. The number of urea groups is 1. The van der Waals surface area contributed by atoms with E-state index in [0.29, 0.717) is 39.9 Å². The minimum Gasteiger partial charge on any atom is -0.436 e. The normalized spacial score (nSPS) is 10.8. The Morgan fingerprint density at radius 1 is 0.889 bits per heavy atom. The Bertz CT molecular complexity index is 1480. The van der Waals surface area contributed by atoms with Gasteiger partial charge in [0.15, 0.2) is 5.76 Å². The quantitative estimate of drug-likeness (QED) is 0.222. The van der Waals surface area contributed by atoms with E-state index in [0.717, 1.165) is 28.8 Å².